The van der Waals surface area contributed by atoms with E-state index in [0.717, 1.165) is 17.1 Å². The van der Waals surface area contributed by atoms with Gasteiger partial charge in [0, 0.05) is 22.6 Å². The molecule has 0 aliphatic carbocycles. The van der Waals surface area contributed by atoms with Crippen LogP contribution in [-0.4, -0.2) is 17.0 Å². The highest BCUT2D eigenvalue weighted by Crippen LogP contribution is 2.22. The number of carbonyl (C=O) groups is 1. The van der Waals surface area contributed by atoms with Crippen molar-refractivity contribution >= 4 is 5.78 Å². The molecule has 24 heavy (non-hydrogen) atoms. The van der Waals surface area contributed by atoms with Crippen LogP contribution in [-0.2, 0) is 0 Å². The molecule has 2 aromatic carbocycles. The van der Waals surface area contributed by atoms with Gasteiger partial charge in [-0.25, -0.2) is 4.39 Å². The summed E-state index contributed by atoms with van der Waals surface area (Å²) >= 11 is 0. The van der Waals surface area contributed by atoms with E-state index in [4.69, 9.17) is 4.74 Å². The van der Waals surface area contributed by atoms with Crippen LogP contribution in [0.2, 0.25) is 0 Å². The smallest absolute Gasteiger partial charge is 0.202 e. The minimum atomic E-state index is -0.284. The first kappa shape index (κ1) is 16.0. The summed E-state index contributed by atoms with van der Waals surface area (Å²) in [5.74, 6) is 0.298. The zero-order chi connectivity index (χ0) is 17.1. The number of nitrogens with zero attached hydrogens (tertiary/aromatic N) is 1. The Morgan fingerprint density at radius 2 is 1.71 bits per heavy atom. The molecule has 0 saturated carbocycles. The Morgan fingerprint density at radius 3 is 2.38 bits per heavy atom. The van der Waals surface area contributed by atoms with E-state index in [0.29, 0.717) is 11.3 Å². The minimum Gasteiger partial charge on any atom is -0.485 e. The molecule has 0 amide bonds. The van der Waals surface area contributed by atoms with E-state index in [-0.39, 0.29) is 18.2 Å². The van der Waals surface area contributed by atoms with Crippen molar-refractivity contribution in [1.29, 1.82) is 0 Å². The number of aryl methyl sites for hydroxylation is 1. The fourth-order valence-electron chi connectivity index (χ4n) is 2.78. The average molecular weight is 323 g/mol. The highest BCUT2D eigenvalue weighted by Gasteiger charge is 2.17. The molecule has 0 atom stereocenters. The van der Waals surface area contributed by atoms with Crippen molar-refractivity contribution in [1.82, 2.24) is 4.57 Å². The molecule has 0 N–H and O–H groups in total. The van der Waals surface area contributed by atoms with Crippen LogP contribution >= 0.6 is 0 Å². The van der Waals surface area contributed by atoms with Gasteiger partial charge in [0.2, 0.25) is 5.78 Å². The molecular weight excluding hydrogens is 305 g/mol. The molecule has 0 radical (unpaired) electrons. The van der Waals surface area contributed by atoms with E-state index < -0.39 is 0 Å². The molecule has 0 aliphatic heterocycles. The zero-order valence-electron chi connectivity index (χ0n) is 13.6. The standard InChI is InChI=1S/C20H18FNO2/c1-14-12-19(20(23)13-24-18-6-4-3-5-7-18)15(2)22(14)17-10-8-16(21)9-11-17/h3-12H,13H2,1-2H3. The first-order chi connectivity index (χ1) is 11.6. The summed E-state index contributed by atoms with van der Waals surface area (Å²) in [4.78, 5) is 12.5. The quantitative estimate of drug-likeness (QED) is 0.648. The third kappa shape index (κ3) is 3.23. The van der Waals surface area contributed by atoms with Gasteiger partial charge in [-0.1, -0.05) is 18.2 Å². The van der Waals surface area contributed by atoms with Gasteiger partial charge in [-0.15, -0.1) is 0 Å². The molecule has 1 aromatic heterocycles. The maximum atomic E-state index is 13.1. The lowest BCUT2D eigenvalue weighted by Gasteiger charge is -2.10. The number of hydrogen-bond donors (Lipinski definition) is 0. The average Bonchev–Trinajstić information content (AvgIpc) is 2.89. The summed E-state index contributed by atoms with van der Waals surface area (Å²) < 4.78 is 20.6. The van der Waals surface area contributed by atoms with Crippen molar-refractivity contribution in [3.63, 3.8) is 0 Å². The van der Waals surface area contributed by atoms with E-state index in [9.17, 15) is 9.18 Å². The molecule has 0 aliphatic rings. The number of hydrogen-bond acceptors (Lipinski definition) is 2. The van der Waals surface area contributed by atoms with Gasteiger partial charge < -0.3 is 9.30 Å². The molecule has 3 nitrogen and oxygen atoms in total. The van der Waals surface area contributed by atoms with Crippen LogP contribution in [0.25, 0.3) is 5.69 Å². The predicted octanol–water partition coefficient (Wildman–Crippen LogP) is 4.49. The van der Waals surface area contributed by atoms with Gasteiger partial charge in [0.05, 0.1) is 0 Å². The van der Waals surface area contributed by atoms with Crippen LogP contribution in [0, 0.1) is 19.7 Å². The van der Waals surface area contributed by atoms with Crippen LogP contribution in [0.4, 0.5) is 4.39 Å². The van der Waals surface area contributed by atoms with Crippen LogP contribution in [0.3, 0.4) is 0 Å². The van der Waals surface area contributed by atoms with Gasteiger partial charge in [-0.2, -0.15) is 0 Å². The van der Waals surface area contributed by atoms with Gasteiger partial charge in [0.15, 0.2) is 6.61 Å². The Kier molecular flexibility index (Phi) is 4.47. The van der Waals surface area contributed by atoms with E-state index in [1.807, 2.05) is 54.8 Å². The van der Waals surface area contributed by atoms with Crippen molar-refractivity contribution in [3.8, 4) is 11.4 Å². The highest BCUT2D eigenvalue weighted by molar-refractivity contribution is 5.98. The lowest BCUT2D eigenvalue weighted by Crippen LogP contribution is -2.12. The van der Waals surface area contributed by atoms with Gasteiger partial charge in [0.25, 0.3) is 0 Å². The van der Waals surface area contributed by atoms with Crippen molar-refractivity contribution in [2.45, 2.75) is 13.8 Å². The second kappa shape index (κ2) is 6.71. The lowest BCUT2D eigenvalue weighted by atomic mass is 10.1. The Bertz CT molecular complexity index is 851. The topological polar surface area (TPSA) is 31.2 Å². The van der Waals surface area contributed by atoms with Crippen LogP contribution in [0.1, 0.15) is 21.7 Å². The number of benzene rings is 2. The minimum absolute atomic E-state index is 0.0161. The Hall–Kier alpha value is -2.88. The predicted molar refractivity (Wildman–Crippen MR) is 91.5 cm³/mol. The second-order valence-electron chi connectivity index (χ2n) is 5.62. The SMILES string of the molecule is Cc1cc(C(=O)COc2ccccc2)c(C)n1-c1ccc(F)cc1. The fourth-order valence-corrected chi connectivity index (χ4v) is 2.78. The normalized spacial score (nSPS) is 10.6. The van der Waals surface area contributed by atoms with Crippen molar-refractivity contribution in [2.75, 3.05) is 6.61 Å². The summed E-state index contributed by atoms with van der Waals surface area (Å²) in [6.07, 6.45) is 0. The third-order valence-electron chi connectivity index (χ3n) is 3.93. The zero-order valence-corrected chi connectivity index (χ0v) is 13.6. The number of Topliss-reactive ketones (excluding diaryl/α,β-unsaturated/α-hetero) is 1. The van der Waals surface area contributed by atoms with Gasteiger partial charge >= 0.3 is 0 Å². The highest BCUT2D eigenvalue weighted by atomic mass is 19.1. The first-order valence-corrected chi connectivity index (χ1v) is 7.72. The summed E-state index contributed by atoms with van der Waals surface area (Å²) in [6, 6.07) is 17.3. The Morgan fingerprint density at radius 1 is 1.04 bits per heavy atom. The number of rotatable bonds is 5. The van der Waals surface area contributed by atoms with Gasteiger partial charge in [0.1, 0.15) is 11.6 Å². The molecule has 0 saturated heterocycles. The van der Waals surface area contributed by atoms with E-state index in [1.165, 1.54) is 12.1 Å². The number of halogens is 1. The van der Waals surface area contributed by atoms with Crippen LogP contribution in [0.15, 0.2) is 60.7 Å². The van der Waals surface area contributed by atoms with E-state index in [1.54, 1.807) is 12.1 Å². The van der Waals surface area contributed by atoms with Crippen molar-refractivity contribution in [3.05, 3.63) is 83.4 Å². The molecule has 3 rings (SSSR count). The van der Waals surface area contributed by atoms with Crippen molar-refractivity contribution in [2.24, 2.45) is 0 Å². The third-order valence-corrected chi connectivity index (χ3v) is 3.93. The molecule has 1 heterocycles. The number of ether oxygens (including phenoxy) is 1. The number of aromatic nitrogens is 1. The molecule has 0 spiro atoms. The van der Waals surface area contributed by atoms with Crippen LogP contribution < -0.4 is 4.74 Å². The lowest BCUT2D eigenvalue weighted by molar-refractivity contribution is 0.0921. The molecule has 122 valence electrons. The molecule has 4 heteroatoms. The summed E-state index contributed by atoms with van der Waals surface area (Å²) in [7, 11) is 0. The first-order valence-electron chi connectivity index (χ1n) is 7.72. The molecule has 0 bridgehead atoms. The Labute approximate surface area is 140 Å². The van der Waals surface area contributed by atoms with Gasteiger partial charge in [-0.05, 0) is 56.3 Å². The molecule has 0 unspecified atom stereocenters. The number of para-hydroxylation sites is 1. The van der Waals surface area contributed by atoms with E-state index >= 15 is 0 Å². The van der Waals surface area contributed by atoms with Gasteiger partial charge in [-0.3, -0.25) is 4.79 Å². The number of ketones is 1. The summed E-state index contributed by atoms with van der Waals surface area (Å²) in [5, 5.41) is 0. The Balaban J connectivity index is 1.83. The molecular formula is C20H18FNO2. The maximum absolute atomic E-state index is 13.1. The summed E-state index contributed by atoms with van der Waals surface area (Å²) in [5.41, 5.74) is 3.19. The fraction of sp³-hybridized carbons (Fsp3) is 0.150. The number of carbonyl (C=O) groups excluding carboxylic acids is 1. The monoisotopic (exact) mass is 323 g/mol. The molecule has 3 aromatic rings. The van der Waals surface area contributed by atoms with E-state index in [2.05, 4.69) is 0 Å². The van der Waals surface area contributed by atoms with Crippen LogP contribution in [0.5, 0.6) is 5.75 Å². The second-order valence-corrected chi connectivity index (χ2v) is 5.62. The van der Waals surface area contributed by atoms with Crippen molar-refractivity contribution < 1.29 is 13.9 Å². The molecule has 0 fully saturated rings. The largest absolute Gasteiger partial charge is 0.485 e. The maximum Gasteiger partial charge on any atom is 0.202 e. The summed E-state index contributed by atoms with van der Waals surface area (Å²) in [6.45, 7) is 3.79.